The van der Waals surface area contributed by atoms with Gasteiger partial charge in [-0.2, -0.15) is 0 Å². The van der Waals surface area contributed by atoms with Crippen molar-refractivity contribution in [2.45, 2.75) is 25.7 Å². The van der Waals surface area contributed by atoms with Crippen LogP contribution in [0.5, 0.6) is 0 Å². The number of hydrogen-bond donors (Lipinski definition) is 0. The molecule has 6 heteroatoms. The van der Waals surface area contributed by atoms with Crippen molar-refractivity contribution < 1.29 is 4.79 Å². The Morgan fingerprint density at radius 2 is 1.92 bits per heavy atom. The summed E-state index contributed by atoms with van der Waals surface area (Å²) in [6.07, 6.45) is 8.12. The van der Waals surface area contributed by atoms with E-state index in [1.54, 1.807) is 12.4 Å². The van der Waals surface area contributed by atoms with Crippen LogP contribution < -0.4 is 4.90 Å². The Labute approximate surface area is 147 Å². The molecule has 2 aromatic rings. The summed E-state index contributed by atoms with van der Waals surface area (Å²) in [7, 11) is 0. The van der Waals surface area contributed by atoms with Gasteiger partial charge >= 0.3 is 0 Å². The summed E-state index contributed by atoms with van der Waals surface area (Å²) in [5.41, 5.74) is 1.49. The number of aromatic nitrogens is 3. The topological polar surface area (TPSA) is 62.2 Å². The number of carbonyl (C=O) groups excluding carboxylic acids is 1. The largest absolute Gasteiger partial charge is 0.353 e. The monoisotopic (exact) mass is 337 g/mol. The average Bonchev–Trinajstić information content (AvgIpc) is 3.35. The number of amides is 1. The van der Waals surface area contributed by atoms with Gasteiger partial charge in [-0.15, -0.1) is 0 Å². The molecule has 2 aromatic heterocycles. The summed E-state index contributed by atoms with van der Waals surface area (Å²) in [5.74, 6) is 3.77. The lowest BCUT2D eigenvalue weighted by Crippen LogP contribution is -2.49. The molecule has 6 nitrogen and oxygen atoms in total. The fourth-order valence-corrected chi connectivity index (χ4v) is 4.63. The summed E-state index contributed by atoms with van der Waals surface area (Å²) in [5, 5.41) is 0. The van der Waals surface area contributed by atoms with Crippen molar-refractivity contribution in [3.8, 4) is 0 Å². The van der Waals surface area contributed by atoms with Crippen LogP contribution in [0.2, 0.25) is 0 Å². The van der Waals surface area contributed by atoms with E-state index >= 15 is 0 Å². The van der Waals surface area contributed by atoms with Gasteiger partial charge < -0.3 is 9.80 Å². The van der Waals surface area contributed by atoms with Crippen LogP contribution in [-0.4, -0.2) is 51.9 Å². The highest BCUT2D eigenvalue weighted by Crippen LogP contribution is 2.56. The summed E-state index contributed by atoms with van der Waals surface area (Å²) < 4.78 is 0. The van der Waals surface area contributed by atoms with Crippen LogP contribution in [0.25, 0.3) is 11.2 Å². The minimum atomic E-state index is 0.356. The lowest BCUT2D eigenvalue weighted by atomic mass is 9.98. The summed E-state index contributed by atoms with van der Waals surface area (Å²) >= 11 is 0. The zero-order valence-electron chi connectivity index (χ0n) is 14.3. The SMILES string of the molecule is O=C(CC1CCC2CC12)N1CCN(c2ccc3nccnc3n2)CC1. The molecule has 1 saturated heterocycles. The zero-order chi connectivity index (χ0) is 16.8. The Balaban J connectivity index is 1.20. The van der Waals surface area contributed by atoms with Crippen molar-refractivity contribution in [2.75, 3.05) is 31.1 Å². The van der Waals surface area contributed by atoms with Gasteiger partial charge in [0.1, 0.15) is 11.3 Å². The fourth-order valence-electron chi connectivity index (χ4n) is 4.63. The molecule has 2 saturated carbocycles. The second kappa shape index (κ2) is 5.93. The highest BCUT2D eigenvalue weighted by atomic mass is 16.2. The number of nitrogens with zero attached hydrogens (tertiary/aromatic N) is 5. The van der Waals surface area contributed by atoms with Crippen molar-refractivity contribution in [3.63, 3.8) is 0 Å². The van der Waals surface area contributed by atoms with Crippen LogP contribution >= 0.6 is 0 Å². The van der Waals surface area contributed by atoms with E-state index in [2.05, 4.69) is 19.9 Å². The number of piperazine rings is 1. The number of hydrogen-bond acceptors (Lipinski definition) is 5. The standard InChI is InChI=1S/C19H23N5O/c25-18(12-14-2-1-13-11-15(13)14)24-9-7-23(8-10-24)17-4-3-16-19(22-17)21-6-5-20-16/h3-6,13-15H,1-2,7-12H2. The smallest absolute Gasteiger partial charge is 0.222 e. The molecule has 5 rings (SSSR count). The maximum atomic E-state index is 12.6. The van der Waals surface area contributed by atoms with E-state index in [0.29, 0.717) is 17.5 Å². The average molecular weight is 337 g/mol. The molecule has 0 spiro atoms. The summed E-state index contributed by atoms with van der Waals surface area (Å²) in [4.78, 5) is 30.1. The van der Waals surface area contributed by atoms with Crippen LogP contribution in [0.1, 0.15) is 25.7 Å². The van der Waals surface area contributed by atoms with Crippen LogP contribution in [-0.2, 0) is 4.79 Å². The Kier molecular flexibility index (Phi) is 3.57. The van der Waals surface area contributed by atoms with Gasteiger partial charge in [-0.1, -0.05) is 0 Å². The molecule has 0 radical (unpaired) electrons. The molecular weight excluding hydrogens is 314 g/mol. The van der Waals surface area contributed by atoms with Gasteiger partial charge in [-0.3, -0.25) is 9.78 Å². The lowest BCUT2D eigenvalue weighted by Gasteiger charge is -2.36. The quantitative estimate of drug-likeness (QED) is 0.858. The molecule has 130 valence electrons. The third kappa shape index (κ3) is 2.83. The molecule has 3 aliphatic rings. The van der Waals surface area contributed by atoms with Crippen LogP contribution in [0, 0.1) is 17.8 Å². The number of fused-ring (bicyclic) bond motifs is 2. The molecule has 3 unspecified atom stereocenters. The molecule has 25 heavy (non-hydrogen) atoms. The molecule has 0 bridgehead atoms. The summed E-state index contributed by atoms with van der Waals surface area (Å²) in [6, 6.07) is 3.97. The Hall–Kier alpha value is -2.24. The first-order valence-corrected chi connectivity index (χ1v) is 9.38. The first-order valence-electron chi connectivity index (χ1n) is 9.38. The Morgan fingerprint density at radius 3 is 2.68 bits per heavy atom. The van der Waals surface area contributed by atoms with Gasteiger partial charge in [-0.05, 0) is 49.1 Å². The molecular formula is C19H23N5O. The Bertz CT molecular complexity index is 801. The highest BCUT2D eigenvalue weighted by molar-refractivity contribution is 5.77. The first kappa shape index (κ1) is 15.0. The van der Waals surface area contributed by atoms with E-state index in [0.717, 1.165) is 55.8 Å². The van der Waals surface area contributed by atoms with Gasteiger partial charge in [0.15, 0.2) is 5.65 Å². The first-order chi connectivity index (χ1) is 12.3. The van der Waals surface area contributed by atoms with E-state index in [4.69, 9.17) is 0 Å². The van der Waals surface area contributed by atoms with Crippen molar-refractivity contribution in [3.05, 3.63) is 24.5 Å². The minimum absolute atomic E-state index is 0.356. The van der Waals surface area contributed by atoms with E-state index < -0.39 is 0 Å². The fraction of sp³-hybridized carbons (Fsp3) is 0.579. The van der Waals surface area contributed by atoms with Gasteiger partial charge in [-0.25, -0.2) is 9.97 Å². The number of pyridine rings is 1. The second-order valence-electron chi connectivity index (χ2n) is 7.64. The van der Waals surface area contributed by atoms with Gasteiger partial charge in [0, 0.05) is 45.0 Å². The normalized spacial score (nSPS) is 28.2. The van der Waals surface area contributed by atoms with Crippen LogP contribution in [0.3, 0.4) is 0 Å². The number of rotatable bonds is 3. The molecule has 0 N–H and O–H groups in total. The van der Waals surface area contributed by atoms with E-state index in [9.17, 15) is 4.79 Å². The Morgan fingerprint density at radius 1 is 1.08 bits per heavy atom. The molecule has 3 fully saturated rings. The van der Waals surface area contributed by atoms with E-state index in [-0.39, 0.29) is 0 Å². The molecule has 1 amide bonds. The lowest BCUT2D eigenvalue weighted by molar-refractivity contribution is -0.132. The second-order valence-corrected chi connectivity index (χ2v) is 7.64. The number of anilines is 1. The van der Waals surface area contributed by atoms with Gasteiger partial charge in [0.25, 0.3) is 0 Å². The van der Waals surface area contributed by atoms with Crippen molar-refractivity contribution in [1.82, 2.24) is 19.9 Å². The molecule has 2 aliphatic carbocycles. The van der Waals surface area contributed by atoms with E-state index in [1.165, 1.54) is 19.3 Å². The van der Waals surface area contributed by atoms with Crippen LogP contribution in [0.15, 0.2) is 24.5 Å². The van der Waals surface area contributed by atoms with Crippen LogP contribution in [0.4, 0.5) is 5.82 Å². The zero-order valence-corrected chi connectivity index (χ0v) is 14.3. The number of carbonyl (C=O) groups is 1. The highest BCUT2D eigenvalue weighted by Gasteiger charge is 2.48. The predicted octanol–water partition coefficient (Wildman–Crippen LogP) is 2.11. The maximum absolute atomic E-state index is 12.6. The third-order valence-electron chi connectivity index (χ3n) is 6.20. The maximum Gasteiger partial charge on any atom is 0.222 e. The van der Waals surface area contributed by atoms with Gasteiger partial charge in [0.05, 0.1) is 0 Å². The van der Waals surface area contributed by atoms with Crippen molar-refractivity contribution in [2.24, 2.45) is 17.8 Å². The summed E-state index contributed by atoms with van der Waals surface area (Å²) in [6.45, 7) is 3.25. The van der Waals surface area contributed by atoms with Crippen molar-refractivity contribution >= 4 is 22.9 Å². The molecule has 1 aliphatic heterocycles. The minimum Gasteiger partial charge on any atom is -0.353 e. The molecule has 3 heterocycles. The predicted molar refractivity (Wildman–Crippen MR) is 95.1 cm³/mol. The third-order valence-corrected chi connectivity index (χ3v) is 6.20. The molecule has 0 aromatic carbocycles. The van der Waals surface area contributed by atoms with Crippen molar-refractivity contribution in [1.29, 1.82) is 0 Å². The molecule has 3 atom stereocenters. The van der Waals surface area contributed by atoms with Gasteiger partial charge in [0.2, 0.25) is 5.91 Å². The van der Waals surface area contributed by atoms with E-state index in [1.807, 2.05) is 17.0 Å².